The summed E-state index contributed by atoms with van der Waals surface area (Å²) in [6.45, 7) is 14.3. The highest BCUT2D eigenvalue weighted by Crippen LogP contribution is 2.35. The van der Waals surface area contributed by atoms with Crippen LogP contribution < -0.4 is 0 Å². The van der Waals surface area contributed by atoms with E-state index >= 15 is 0 Å². The lowest BCUT2D eigenvalue weighted by Crippen LogP contribution is -1.78. The van der Waals surface area contributed by atoms with Crippen molar-refractivity contribution in [2.75, 3.05) is 0 Å². The molecule has 0 saturated heterocycles. The van der Waals surface area contributed by atoms with E-state index in [0.717, 1.165) is 165 Å². The van der Waals surface area contributed by atoms with Gasteiger partial charge in [-0.3, -0.25) is 34.9 Å². The quantitative estimate of drug-likeness (QED) is 0.140. The van der Waals surface area contributed by atoms with Crippen LogP contribution in [-0.2, 0) is 0 Å². The molecule has 0 spiro atoms. The predicted octanol–water partition coefficient (Wildman–Crippen LogP) is 23.0. The largest absolute Gasteiger partial charge is 0.456 e. The Morgan fingerprint density at radius 3 is 1.36 bits per heavy atom. The number of para-hydroxylation sites is 4. The van der Waals surface area contributed by atoms with E-state index in [2.05, 4.69) is 129 Å². The highest BCUT2D eigenvalue weighted by atomic mass is 16.4. The van der Waals surface area contributed by atoms with E-state index in [1.54, 1.807) is 31.0 Å². The smallest absolute Gasteiger partial charge is 0.141 e. The Balaban J connectivity index is 0.0000000933. The second-order valence-electron chi connectivity index (χ2n) is 24.0. The number of pyridine rings is 7. The van der Waals surface area contributed by atoms with E-state index in [0.29, 0.717) is 0 Å². The van der Waals surface area contributed by atoms with E-state index in [-0.39, 0.29) is 0 Å². The van der Waals surface area contributed by atoms with Gasteiger partial charge in [0, 0.05) is 173 Å². The molecular weight excluding hydrogens is 1220 g/mol. The van der Waals surface area contributed by atoms with Crippen LogP contribution in [-0.4, -0.2) is 34.9 Å². The Labute approximate surface area is 560 Å². The third-order valence-electron chi connectivity index (χ3n) is 17.2. The van der Waals surface area contributed by atoms with Crippen LogP contribution >= 0.6 is 0 Å². The molecule has 0 fully saturated rings. The average molecular weight is 1280 g/mol. The van der Waals surface area contributed by atoms with Crippen molar-refractivity contribution >= 4 is 154 Å². The lowest BCUT2D eigenvalue weighted by molar-refractivity contribution is 0.665. The predicted molar refractivity (Wildman–Crippen MR) is 394 cm³/mol. The maximum absolute atomic E-state index is 5.74. The molecule has 0 amide bonds. The van der Waals surface area contributed by atoms with E-state index in [1.165, 1.54) is 27.6 Å². The zero-order valence-electron chi connectivity index (χ0n) is 54.7. The lowest BCUT2D eigenvalue weighted by atomic mass is 10.1. The first-order valence-electron chi connectivity index (χ1n) is 32.1. The van der Waals surface area contributed by atoms with E-state index in [9.17, 15) is 0 Å². The van der Waals surface area contributed by atoms with Gasteiger partial charge in [-0.15, -0.1) is 0 Å². The molecule has 14 heteroatoms. The topological polar surface area (TPSA) is 182 Å². The molecule has 21 rings (SSSR count). The number of fused-ring (bicyclic) bond motifs is 21. The molecule has 0 saturated carbocycles. The van der Waals surface area contributed by atoms with Crippen molar-refractivity contribution in [2.24, 2.45) is 0 Å². The second kappa shape index (κ2) is 26.5. The lowest BCUT2D eigenvalue weighted by Gasteiger charge is -1.92. The molecule has 14 aromatic heterocycles. The molecule has 98 heavy (non-hydrogen) atoms. The van der Waals surface area contributed by atoms with Crippen molar-refractivity contribution in [3.63, 3.8) is 0 Å². The SMILES string of the molecule is Cc1cc2oc3ccccc3c2cn1.Cc1ccc2c(c1)oc1ccncc12.Cc1ccc2oc3ccncc3c2c1.Cc1cccc2c1oc1ccncc12.Cc1cccc2oc3ccncc3c12.Cc1cncc2c1oc1ccccc12.Cc1nccc2oc3ccccc3c12. The molecule has 0 radical (unpaired) electrons. The van der Waals surface area contributed by atoms with E-state index in [1.807, 2.05) is 179 Å². The second-order valence-corrected chi connectivity index (χ2v) is 24.0. The Morgan fingerprint density at radius 1 is 0.224 bits per heavy atom. The first-order valence-corrected chi connectivity index (χ1v) is 32.1. The highest BCUT2D eigenvalue weighted by molar-refractivity contribution is 6.10. The molecule has 21 aromatic rings. The van der Waals surface area contributed by atoms with Gasteiger partial charge in [-0.1, -0.05) is 109 Å². The normalized spacial score (nSPS) is 11.2. The molecule has 0 aliphatic heterocycles. The maximum atomic E-state index is 5.74. The van der Waals surface area contributed by atoms with E-state index in [4.69, 9.17) is 30.9 Å². The minimum Gasteiger partial charge on any atom is -0.456 e. The summed E-state index contributed by atoms with van der Waals surface area (Å²) in [4.78, 5) is 29.1. The molecule has 14 nitrogen and oxygen atoms in total. The van der Waals surface area contributed by atoms with Gasteiger partial charge in [0.1, 0.15) is 78.2 Å². The molecule has 0 unspecified atom stereocenters. The zero-order valence-corrected chi connectivity index (χ0v) is 54.7. The van der Waals surface area contributed by atoms with Gasteiger partial charge in [0.2, 0.25) is 0 Å². The minimum absolute atomic E-state index is 0.903. The Morgan fingerprint density at radius 2 is 0.653 bits per heavy atom. The van der Waals surface area contributed by atoms with Crippen LogP contribution in [0.2, 0.25) is 0 Å². The number of aromatic nitrogens is 7. The number of furan rings is 7. The summed E-state index contributed by atoms with van der Waals surface area (Å²) in [7, 11) is 0. The van der Waals surface area contributed by atoms with Gasteiger partial charge in [0.15, 0.2) is 0 Å². The Kier molecular flexibility index (Phi) is 16.6. The van der Waals surface area contributed by atoms with E-state index < -0.39 is 0 Å². The molecule has 0 aliphatic carbocycles. The van der Waals surface area contributed by atoms with Crippen molar-refractivity contribution in [3.05, 3.63) is 296 Å². The summed E-state index contributed by atoms with van der Waals surface area (Å²) in [6, 6.07) is 60.2. The monoisotopic (exact) mass is 1280 g/mol. The zero-order chi connectivity index (χ0) is 66.8. The molecule has 476 valence electrons. The summed E-state index contributed by atoms with van der Waals surface area (Å²) in [5.41, 5.74) is 20.9. The fourth-order valence-electron chi connectivity index (χ4n) is 12.4. The third kappa shape index (κ3) is 12.1. The number of hydrogen-bond donors (Lipinski definition) is 0. The first kappa shape index (κ1) is 61.4. The van der Waals surface area contributed by atoms with Crippen molar-refractivity contribution in [1.29, 1.82) is 0 Å². The third-order valence-corrected chi connectivity index (χ3v) is 17.2. The van der Waals surface area contributed by atoms with Crippen molar-refractivity contribution in [2.45, 2.75) is 48.5 Å². The standard InChI is InChI=1S/7C12H9NO/c1-8-2-3-11-9(6-8)10-7-13-5-4-12(10)14-11;1-8-2-3-9-10-7-13-5-4-11(10)14-12(9)6-8;1-8-3-2-4-11-12(8)9-7-13-6-5-10(9)14-11;1-8-3-2-4-9-10-7-13-6-5-11(10)14-12(8)9;1-8-6-13-7-10-9-4-2-3-5-11(9)14-12(8)10;1-8-6-12-10(7-13-8)9-4-2-3-5-11(9)14-12;1-8-12-9-4-2-3-5-10(9)14-11(12)6-7-13-8/h7*2-7H,1H3. The highest BCUT2D eigenvalue weighted by Gasteiger charge is 2.13. The maximum Gasteiger partial charge on any atom is 0.141 e. The van der Waals surface area contributed by atoms with Gasteiger partial charge in [-0.05, 0) is 138 Å². The summed E-state index contributed by atoms with van der Waals surface area (Å²) < 4.78 is 39.9. The van der Waals surface area contributed by atoms with Crippen LogP contribution in [0.3, 0.4) is 0 Å². The molecular formula is C84H63N7O7. The molecule has 7 aromatic carbocycles. The number of rotatable bonds is 0. The van der Waals surface area contributed by atoms with Crippen LogP contribution in [0, 0.1) is 48.5 Å². The van der Waals surface area contributed by atoms with Crippen molar-refractivity contribution in [1.82, 2.24) is 34.9 Å². The van der Waals surface area contributed by atoms with Crippen LogP contribution in [0.25, 0.3) is 154 Å². The molecule has 0 bridgehead atoms. The number of hydrogen-bond acceptors (Lipinski definition) is 14. The number of aryl methyl sites for hydroxylation is 7. The van der Waals surface area contributed by atoms with Crippen LogP contribution in [0.4, 0.5) is 0 Å². The summed E-state index contributed by atoms with van der Waals surface area (Å²) in [6.07, 6.45) is 21.7. The summed E-state index contributed by atoms with van der Waals surface area (Å²) in [5, 5.41) is 15.7. The molecule has 14 heterocycles. The fourth-order valence-corrected chi connectivity index (χ4v) is 12.4. The van der Waals surface area contributed by atoms with Crippen molar-refractivity contribution in [3.8, 4) is 0 Å². The van der Waals surface area contributed by atoms with Gasteiger partial charge < -0.3 is 30.9 Å². The van der Waals surface area contributed by atoms with Gasteiger partial charge in [-0.2, -0.15) is 0 Å². The molecule has 0 atom stereocenters. The number of nitrogens with zero attached hydrogens (tertiary/aromatic N) is 7. The van der Waals surface area contributed by atoms with Crippen LogP contribution in [0.1, 0.15) is 39.2 Å². The Hall–Kier alpha value is -12.8. The fraction of sp³-hybridized carbons (Fsp3) is 0.0833. The number of benzene rings is 7. The van der Waals surface area contributed by atoms with Crippen LogP contribution in [0.15, 0.2) is 287 Å². The van der Waals surface area contributed by atoms with Crippen LogP contribution in [0.5, 0.6) is 0 Å². The summed E-state index contributed by atoms with van der Waals surface area (Å²) in [5.74, 6) is 0. The molecule has 0 N–H and O–H groups in total. The first-order chi connectivity index (χ1) is 48.0. The molecule has 0 aliphatic rings. The summed E-state index contributed by atoms with van der Waals surface area (Å²) >= 11 is 0. The van der Waals surface area contributed by atoms with Gasteiger partial charge in [0.05, 0.1) is 0 Å². The van der Waals surface area contributed by atoms with Gasteiger partial charge in [0.25, 0.3) is 0 Å². The minimum atomic E-state index is 0.903. The van der Waals surface area contributed by atoms with Gasteiger partial charge in [-0.25, -0.2) is 0 Å². The Bertz CT molecular complexity index is 6090. The average Bonchev–Trinajstić information content (AvgIpc) is 1.77. The van der Waals surface area contributed by atoms with Gasteiger partial charge >= 0.3 is 0 Å². The van der Waals surface area contributed by atoms with Crippen molar-refractivity contribution < 1.29 is 30.9 Å².